The number of carbonyl (C=O) groups excluding carboxylic acids is 1. The molecule has 0 aliphatic heterocycles. The molecule has 0 saturated heterocycles. The van der Waals surface area contributed by atoms with E-state index in [1.54, 1.807) is 6.07 Å². The van der Waals surface area contributed by atoms with Crippen molar-refractivity contribution in [2.24, 2.45) is 0 Å². The number of halogens is 4. The van der Waals surface area contributed by atoms with Crippen LogP contribution < -0.4 is 10.0 Å². The van der Waals surface area contributed by atoms with E-state index in [0.717, 1.165) is 0 Å². The Morgan fingerprint density at radius 3 is 2.42 bits per heavy atom. The van der Waals surface area contributed by atoms with Gasteiger partial charge in [-0.25, -0.2) is 13.1 Å². The summed E-state index contributed by atoms with van der Waals surface area (Å²) in [6, 6.07) is 8.69. The predicted octanol–water partition coefficient (Wildman–Crippen LogP) is 4.22. The molecule has 0 atom stereocenters. The van der Waals surface area contributed by atoms with Crippen LogP contribution in [0.25, 0.3) is 0 Å². The number of nitrogens with one attached hydrogen (secondary N) is 2. The van der Waals surface area contributed by atoms with E-state index in [1.807, 2.05) is 0 Å². The maximum atomic E-state index is 12.2. The Bertz CT molecular complexity index is 888. The van der Waals surface area contributed by atoms with Gasteiger partial charge in [-0.3, -0.25) is 4.79 Å². The van der Waals surface area contributed by atoms with Crippen LogP contribution in [0.1, 0.15) is 0 Å². The van der Waals surface area contributed by atoms with Crippen molar-refractivity contribution >= 4 is 68.0 Å². The molecule has 24 heavy (non-hydrogen) atoms. The van der Waals surface area contributed by atoms with Crippen molar-refractivity contribution < 1.29 is 13.2 Å². The lowest BCUT2D eigenvalue weighted by molar-refractivity contribution is -0.115. The van der Waals surface area contributed by atoms with Crippen LogP contribution in [-0.4, -0.2) is 20.9 Å². The summed E-state index contributed by atoms with van der Waals surface area (Å²) in [6.07, 6.45) is 0. The SMILES string of the molecule is O=C(CNS(=O)(=O)c1cccc(Cl)c1Cl)Nc1cc(Cl)ccc1Cl. The second-order valence-electron chi connectivity index (χ2n) is 4.55. The zero-order valence-corrected chi connectivity index (χ0v) is 15.7. The standard InChI is InChI=1S/C14H10Cl4N2O3S/c15-8-4-5-9(16)11(6-8)20-13(21)7-19-24(22,23)12-3-1-2-10(17)14(12)18/h1-6,19H,7H2,(H,20,21). The highest BCUT2D eigenvalue weighted by Gasteiger charge is 2.20. The van der Waals surface area contributed by atoms with Crippen LogP contribution in [0.5, 0.6) is 0 Å². The van der Waals surface area contributed by atoms with E-state index in [2.05, 4.69) is 10.0 Å². The van der Waals surface area contributed by atoms with Gasteiger partial charge in [-0.2, -0.15) is 0 Å². The van der Waals surface area contributed by atoms with E-state index in [1.165, 1.54) is 30.3 Å². The quantitative estimate of drug-likeness (QED) is 0.749. The average molecular weight is 428 g/mol. The van der Waals surface area contributed by atoms with Gasteiger partial charge in [0.15, 0.2) is 0 Å². The molecule has 128 valence electrons. The molecule has 0 aliphatic carbocycles. The van der Waals surface area contributed by atoms with Crippen LogP contribution in [0.2, 0.25) is 20.1 Å². The minimum Gasteiger partial charge on any atom is -0.324 e. The van der Waals surface area contributed by atoms with Gasteiger partial charge in [-0.15, -0.1) is 0 Å². The lowest BCUT2D eigenvalue weighted by Crippen LogP contribution is -2.33. The van der Waals surface area contributed by atoms with Gasteiger partial charge in [0.25, 0.3) is 0 Å². The third-order valence-corrected chi connectivity index (χ3v) is 5.77. The summed E-state index contributed by atoms with van der Waals surface area (Å²) in [6.45, 7) is -0.520. The number of anilines is 1. The van der Waals surface area contributed by atoms with Gasteiger partial charge in [0.2, 0.25) is 15.9 Å². The second-order valence-corrected chi connectivity index (χ2v) is 7.91. The van der Waals surface area contributed by atoms with Crippen molar-refractivity contribution in [3.8, 4) is 0 Å². The summed E-state index contributed by atoms with van der Waals surface area (Å²) < 4.78 is 26.5. The Balaban J connectivity index is 2.08. The van der Waals surface area contributed by atoms with Crippen LogP contribution in [0, 0.1) is 0 Å². The van der Waals surface area contributed by atoms with E-state index < -0.39 is 22.5 Å². The monoisotopic (exact) mass is 426 g/mol. The molecule has 0 radical (unpaired) electrons. The Morgan fingerprint density at radius 1 is 1.00 bits per heavy atom. The molecule has 2 rings (SSSR count). The van der Waals surface area contributed by atoms with E-state index >= 15 is 0 Å². The minimum absolute atomic E-state index is 0.0923. The van der Waals surface area contributed by atoms with Crippen LogP contribution in [0.3, 0.4) is 0 Å². The number of amides is 1. The van der Waals surface area contributed by atoms with E-state index in [-0.39, 0.29) is 25.7 Å². The Morgan fingerprint density at radius 2 is 1.71 bits per heavy atom. The Hall–Kier alpha value is -1.02. The van der Waals surface area contributed by atoms with Crippen molar-refractivity contribution in [2.45, 2.75) is 4.90 Å². The molecule has 0 heterocycles. The number of carbonyl (C=O) groups is 1. The fraction of sp³-hybridized carbons (Fsp3) is 0.0714. The average Bonchev–Trinajstić information content (AvgIpc) is 2.51. The smallest absolute Gasteiger partial charge is 0.242 e. The number of rotatable bonds is 5. The fourth-order valence-electron chi connectivity index (χ4n) is 1.72. The molecule has 1 amide bonds. The third kappa shape index (κ3) is 4.75. The highest BCUT2D eigenvalue weighted by molar-refractivity contribution is 7.89. The van der Waals surface area contributed by atoms with Crippen LogP contribution >= 0.6 is 46.4 Å². The van der Waals surface area contributed by atoms with Crippen molar-refractivity contribution in [2.75, 3.05) is 11.9 Å². The number of hydrogen-bond acceptors (Lipinski definition) is 3. The van der Waals surface area contributed by atoms with Crippen molar-refractivity contribution in [1.82, 2.24) is 4.72 Å². The molecule has 2 aromatic carbocycles. The van der Waals surface area contributed by atoms with Gasteiger partial charge in [0.05, 0.1) is 27.3 Å². The summed E-state index contributed by atoms with van der Waals surface area (Å²) >= 11 is 23.4. The molecule has 0 saturated carbocycles. The highest BCUT2D eigenvalue weighted by atomic mass is 35.5. The summed E-state index contributed by atoms with van der Waals surface area (Å²) in [7, 11) is -4.01. The molecular weight excluding hydrogens is 418 g/mol. The maximum absolute atomic E-state index is 12.2. The highest BCUT2D eigenvalue weighted by Crippen LogP contribution is 2.29. The first-order chi connectivity index (χ1) is 11.2. The van der Waals surface area contributed by atoms with E-state index in [9.17, 15) is 13.2 Å². The topological polar surface area (TPSA) is 75.3 Å². The molecule has 0 aliphatic rings. The molecule has 2 aromatic rings. The summed E-state index contributed by atoms with van der Waals surface area (Å²) in [5.41, 5.74) is 0.272. The van der Waals surface area contributed by atoms with Gasteiger partial charge < -0.3 is 5.32 Å². The second kappa shape index (κ2) is 7.91. The van der Waals surface area contributed by atoms with Crippen molar-refractivity contribution in [3.63, 3.8) is 0 Å². The number of benzene rings is 2. The van der Waals surface area contributed by atoms with Gasteiger partial charge in [-0.1, -0.05) is 52.5 Å². The van der Waals surface area contributed by atoms with E-state index in [4.69, 9.17) is 46.4 Å². The van der Waals surface area contributed by atoms with Crippen LogP contribution in [0.15, 0.2) is 41.3 Å². The normalized spacial score (nSPS) is 11.3. The first kappa shape index (κ1) is 19.3. The van der Waals surface area contributed by atoms with E-state index in [0.29, 0.717) is 5.02 Å². The van der Waals surface area contributed by atoms with Crippen molar-refractivity contribution in [1.29, 1.82) is 0 Å². The largest absolute Gasteiger partial charge is 0.324 e. The lowest BCUT2D eigenvalue weighted by Gasteiger charge is -2.10. The molecular formula is C14H10Cl4N2O3S. The van der Waals surface area contributed by atoms with Gasteiger partial charge in [0, 0.05) is 5.02 Å². The molecule has 0 aromatic heterocycles. The predicted molar refractivity (Wildman–Crippen MR) is 96.7 cm³/mol. The zero-order valence-electron chi connectivity index (χ0n) is 11.8. The molecule has 10 heteroatoms. The van der Waals surface area contributed by atoms with Crippen LogP contribution in [-0.2, 0) is 14.8 Å². The first-order valence-corrected chi connectivity index (χ1v) is 9.39. The Kier molecular flexibility index (Phi) is 6.36. The first-order valence-electron chi connectivity index (χ1n) is 6.39. The summed E-state index contributed by atoms with van der Waals surface area (Å²) in [4.78, 5) is 11.7. The third-order valence-electron chi connectivity index (χ3n) is 2.83. The minimum atomic E-state index is -4.01. The Labute approximate surface area is 158 Å². The van der Waals surface area contributed by atoms with Gasteiger partial charge in [-0.05, 0) is 30.3 Å². The van der Waals surface area contributed by atoms with Gasteiger partial charge in [0.1, 0.15) is 4.90 Å². The summed E-state index contributed by atoms with van der Waals surface area (Å²) in [5.74, 6) is -0.624. The molecule has 0 bridgehead atoms. The molecule has 2 N–H and O–H groups in total. The number of sulfonamides is 1. The maximum Gasteiger partial charge on any atom is 0.242 e. The molecule has 5 nitrogen and oxygen atoms in total. The summed E-state index contributed by atoms with van der Waals surface area (Å²) in [5, 5.41) is 3.08. The van der Waals surface area contributed by atoms with Crippen molar-refractivity contribution in [3.05, 3.63) is 56.5 Å². The zero-order chi connectivity index (χ0) is 17.9. The molecule has 0 fully saturated rings. The fourth-order valence-corrected chi connectivity index (χ4v) is 3.80. The molecule has 0 unspecified atom stereocenters. The lowest BCUT2D eigenvalue weighted by atomic mass is 10.3. The molecule has 0 spiro atoms. The van der Waals surface area contributed by atoms with Gasteiger partial charge >= 0.3 is 0 Å². The number of hydrogen-bond donors (Lipinski definition) is 2. The van der Waals surface area contributed by atoms with Crippen LogP contribution in [0.4, 0.5) is 5.69 Å².